The molecule has 0 bridgehead atoms. The number of carbonyl (C=O) groups excluding carboxylic acids is 3. The number of hydrogen-bond donors (Lipinski definition) is 1. The third-order valence-corrected chi connectivity index (χ3v) is 6.45. The van der Waals surface area contributed by atoms with E-state index in [1.54, 1.807) is 18.2 Å². The summed E-state index contributed by atoms with van der Waals surface area (Å²) in [7, 11) is 1.48. The predicted molar refractivity (Wildman–Crippen MR) is 134 cm³/mol. The Morgan fingerprint density at radius 3 is 2.44 bits per heavy atom. The number of ether oxygens (including phenoxy) is 3. The molecule has 36 heavy (non-hydrogen) atoms. The molecule has 7 heteroatoms. The van der Waals surface area contributed by atoms with Crippen molar-refractivity contribution in [2.45, 2.75) is 53.1 Å². The van der Waals surface area contributed by atoms with Gasteiger partial charge in [-0.25, -0.2) is 4.79 Å². The Kier molecular flexibility index (Phi) is 7.02. The molecule has 1 atom stereocenters. The number of nitrogens with one attached hydrogen (secondary N) is 1. The first-order valence-corrected chi connectivity index (χ1v) is 11.9. The summed E-state index contributed by atoms with van der Waals surface area (Å²) < 4.78 is 16.4. The molecule has 2 aliphatic rings. The number of dihydropyridines is 1. The monoisotopic (exact) mass is 489 g/mol. The minimum atomic E-state index is -0.645. The van der Waals surface area contributed by atoms with E-state index in [1.807, 2.05) is 37.3 Å². The van der Waals surface area contributed by atoms with Crippen LogP contribution in [0.3, 0.4) is 0 Å². The van der Waals surface area contributed by atoms with Gasteiger partial charge in [0, 0.05) is 36.2 Å². The number of carbonyl (C=O) groups is 3. The van der Waals surface area contributed by atoms with Gasteiger partial charge in [0.25, 0.3) is 0 Å². The number of esters is 2. The smallest absolute Gasteiger partial charge is 0.337 e. The van der Waals surface area contributed by atoms with E-state index in [9.17, 15) is 14.4 Å². The van der Waals surface area contributed by atoms with Crippen LogP contribution in [0.5, 0.6) is 11.5 Å². The van der Waals surface area contributed by atoms with Crippen molar-refractivity contribution in [1.82, 2.24) is 5.32 Å². The van der Waals surface area contributed by atoms with Gasteiger partial charge in [0.1, 0.15) is 6.61 Å². The van der Waals surface area contributed by atoms with Gasteiger partial charge in [-0.3, -0.25) is 9.59 Å². The molecule has 0 saturated heterocycles. The fourth-order valence-corrected chi connectivity index (χ4v) is 4.94. The standard InChI is InChI=1S/C29H31NO6/c1-17-25(28(33)35-16-19-9-7-6-8-10-19)26(27-21(30-17)14-29(3,4)15-22(27)32)20-11-12-23(36-18(2)31)24(13-20)34-5/h6-13,26,30H,14-16H2,1-5H3/t26-/m1/s1. The Balaban J connectivity index is 1.78. The van der Waals surface area contributed by atoms with Crippen molar-refractivity contribution in [2.24, 2.45) is 5.41 Å². The Morgan fingerprint density at radius 1 is 1.06 bits per heavy atom. The summed E-state index contributed by atoms with van der Waals surface area (Å²) in [6, 6.07) is 14.5. The van der Waals surface area contributed by atoms with Gasteiger partial charge in [-0.05, 0) is 42.0 Å². The number of rotatable bonds is 6. The molecule has 1 aliphatic heterocycles. The van der Waals surface area contributed by atoms with Gasteiger partial charge in [0.2, 0.25) is 0 Å². The predicted octanol–water partition coefficient (Wildman–Crippen LogP) is 4.97. The number of allylic oxidation sites excluding steroid dienone is 3. The molecule has 1 N–H and O–H groups in total. The molecule has 4 rings (SSSR count). The third kappa shape index (κ3) is 5.20. The van der Waals surface area contributed by atoms with E-state index in [1.165, 1.54) is 14.0 Å². The molecule has 1 aliphatic carbocycles. The van der Waals surface area contributed by atoms with Crippen molar-refractivity contribution in [3.8, 4) is 11.5 Å². The maximum Gasteiger partial charge on any atom is 0.337 e. The van der Waals surface area contributed by atoms with Gasteiger partial charge >= 0.3 is 11.9 Å². The van der Waals surface area contributed by atoms with Crippen molar-refractivity contribution in [1.29, 1.82) is 0 Å². The fourth-order valence-electron chi connectivity index (χ4n) is 4.94. The van der Waals surface area contributed by atoms with Gasteiger partial charge in [-0.15, -0.1) is 0 Å². The first-order chi connectivity index (χ1) is 17.1. The molecule has 2 aromatic rings. The molecule has 0 amide bonds. The van der Waals surface area contributed by atoms with Gasteiger partial charge in [-0.2, -0.15) is 0 Å². The largest absolute Gasteiger partial charge is 0.493 e. The summed E-state index contributed by atoms with van der Waals surface area (Å²) in [4.78, 5) is 38.5. The van der Waals surface area contributed by atoms with E-state index in [2.05, 4.69) is 19.2 Å². The molecule has 2 aromatic carbocycles. The number of benzene rings is 2. The highest BCUT2D eigenvalue weighted by Crippen LogP contribution is 2.48. The van der Waals surface area contributed by atoms with Crippen LogP contribution in [0, 0.1) is 5.41 Å². The highest BCUT2D eigenvalue weighted by Gasteiger charge is 2.43. The second kappa shape index (κ2) is 10.0. The first kappa shape index (κ1) is 25.2. The third-order valence-electron chi connectivity index (χ3n) is 6.45. The summed E-state index contributed by atoms with van der Waals surface area (Å²) in [5.41, 5.74) is 3.75. The molecule has 0 unspecified atom stereocenters. The van der Waals surface area contributed by atoms with E-state index in [0.29, 0.717) is 41.0 Å². The van der Waals surface area contributed by atoms with Crippen LogP contribution in [-0.4, -0.2) is 24.8 Å². The minimum Gasteiger partial charge on any atom is -0.493 e. The van der Waals surface area contributed by atoms with Crippen molar-refractivity contribution in [2.75, 3.05) is 7.11 Å². The van der Waals surface area contributed by atoms with Crippen LogP contribution in [0.2, 0.25) is 0 Å². The quantitative estimate of drug-likeness (QED) is 0.453. The van der Waals surface area contributed by atoms with E-state index >= 15 is 0 Å². The molecule has 0 spiro atoms. The summed E-state index contributed by atoms with van der Waals surface area (Å²) in [5, 5.41) is 3.34. The topological polar surface area (TPSA) is 90.9 Å². The lowest BCUT2D eigenvalue weighted by atomic mass is 9.68. The van der Waals surface area contributed by atoms with Crippen molar-refractivity contribution in [3.63, 3.8) is 0 Å². The lowest BCUT2D eigenvalue weighted by Gasteiger charge is -2.39. The highest BCUT2D eigenvalue weighted by molar-refractivity contribution is 6.04. The normalized spacial score (nSPS) is 18.8. The van der Waals surface area contributed by atoms with Crippen LogP contribution >= 0.6 is 0 Å². The Bertz CT molecular complexity index is 1270. The lowest BCUT2D eigenvalue weighted by molar-refractivity contribution is -0.140. The molecule has 188 valence electrons. The Labute approximate surface area is 211 Å². The van der Waals surface area contributed by atoms with Crippen LogP contribution in [0.25, 0.3) is 0 Å². The average Bonchev–Trinajstić information content (AvgIpc) is 2.81. The molecule has 7 nitrogen and oxygen atoms in total. The summed E-state index contributed by atoms with van der Waals surface area (Å²) >= 11 is 0. The van der Waals surface area contributed by atoms with E-state index in [4.69, 9.17) is 14.2 Å². The van der Waals surface area contributed by atoms with Crippen LogP contribution in [-0.2, 0) is 25.7 Å². The number of Topliss-reactive ketones (excluding diaryl/α,β-unsaturated/α-hetero) is 1. The molecular formula is C29H31NO6. The van der Waals surface area contributed by atoms with Crippen LogP contribution < -0.4 is 14.8 Å². The maximum absolute atomic E-state index is 13.5. The average molecular weight is 490 g/mol. The van der Waals surface area contributed by atoms with Gasteiger partial charge in [0.15, 0.2) is 17.3 Å². The second-order valence-corrected chi connectivity index (χ2v) is 10.00. The van der Waals surface area contributed by atoms with Crippen LogP contribution in [0.15, 0.2) is 71.1 Å². The highest BCUT2D eigenvalue weighted by atomic mass is 16.6. The summed E-state index contributed by atoms with van der Waals surface area (Å²) in [6.07, 6.45) is 1.05. The van der Waals surface area contributed by atoms with E-state index in [-0.39, 0.29) is 23.6 Å². The summed E-state index contributed by atoms with van der Waals surface area (Å²) in [5.74, 6) is -1.03. The Hall–Kier alpha value is -3.87. The first-order valence-electron chi connectivity index (χ1n) is 11.9. The van der Waals surface area contributed by atoms with Crippen molar-refractivity contribution >= 4 is 17.7 Å². The zero-order valence-electron chi connectivity index (χ0n) is 21.3. The Morgan fingerprint density at radius 2 is 1.78 bits per heavy atom. The maximum atomic E-state index is 13.5. The van der Waals surface area contributed by atoms with E-state index in [0.717, 1.165) is 11.3 Å². The SMILES string of the molecule is COc1cc([C@@H]2C(C(=O)OCc3ccccc3)=C(C)NC3=C2C(=O)CC(C)(C)C3)ccc1OC(C)=O. The molecule has 0 radical (unpaired) electrons. The summed E-state index contributed by atoms with van der Waals surface area (Å²) in [6.45, 7) is 7.37. The molecule has 0 saturated carbocycles. The van der Waals surface area contributed by atoms with Crippen molar-refractivity contribution in [3.05, 3.63) is 82.2 Å². The van der Waals surface area contributed by atoms with E-state index < -0.39 is 17.9 Å². The van der Waals surface area contributed by atoms with Gasteiger partial charge in [0.05, 0.1) is 12.7 Å². The zero-order valence-corrected chi connectivity index (χ0v) is 21.3. The van der Waals surface area contributed by atoms with Crippen LogP contribution in [0.1, 0.15) is 57.6 Å². The minimum absolute atomic E-state index is 0.0114. The molecular weight excluding hydrogens is 458 g/mol. The second-order valence-electron chi connectivity index (χ2n) is 10.00. The zero-order chi connectivity index (χ0) is 26.0. The van der Waals surface area contributed by atoms with Crippen LogP contribution in [0.4, 0.5) is 0 Å². The van der Waals surface area contributed by atoms with Gasteiger partial charge in [-0.1, -0.05) is 50.2 Å². The fraction of sp³-hybridized carbons (Fsp3) is 0.345. The number of hydrogen-bond acceptors (Lipinski definition) is 7. The number of methoxy groups -OCH3 is 1. The van der Waals surface area contributed by atoms with Gasteiger partial charge < -0.3 is 19.5 Å². The van der Waals surface area contributed by atoms with Crippen molar-refractivity contribution < 1.29 is 28.6 Å². The number of ketones is 1. The molecule has 1 heterocycles. The molecule has 0 aromatic heterocycles. The lowest BCUT2D eigenvalue weighted by Crippen LogP contribution is -2.38. The molecule has 0 fully saturated rings.